The molecule has 1 atom stereocenters. The van der Waals surface area contributed by atoms with E-state index in [1.54, 1.807) is 0 Å². The Bertz CT molecular complexity index is 93.6. The van der Waals surface area contributed by atoms with Crippen LogP contribution in [-0.2, 0) is 0 Å². The number of likely N-dealkylation sites (N-methyl/N-ethyl adjacent to an activating group) is 1. The third-order valence-electron chi connectivity index (χ3n) is 2.13. The fraction of sp³-hybridized carbons (Fsp3) is 1.00. The van der Waals surface area contributed by atoms with Gasteiger partial charge in [-0.3, -0.25) is 0 Å². The van der Waals surface area contributed by atoms with Gasteiger partial charge in [0.1, 0.15) is 12.6 Å². The van der Waals surface area contributed by atoms with E-state index >= 15 is 0 Å². The normalized spacial score (nSPS) is 15.3. The van der Waals surface area contributed by atoms with Crippen molar-refractivity contribution < 1.29 is 14.7 Å². The molecule has 0 aliphatic heterocycles. The molecule has 0 fully saturated rings. The zero-order chi connectivity index (χ0) is 8.20. The van der Waals surface area contributed by atoms with Crippen molar-refractivity contribution in [2.45, 2.75) is 13.0 Å². The van der Waals surface area contributed by atoms with Gasteiger partial charge in [-0.05, 0) is 6.92 Å². The van der Waals surface area contributed by atoms with Gasteiger partial charge in [0.05, 0.1) is 27.3 Å². The van der Waals surface area contributed by atoms with E-state index in [0.717, 1.165) is 0 Å². The predicted octanol–water partition coefficient (Wildman–Crippen LogP) is -0.564. The van der Waals surface area contributed by atoms with Gasteiger partial charge in [-0.2, -0.15) is 0 Å². The minimum absolute atomic E-state index is 0.174. The van der Waals surface area contributed by atoms with E-state index < -0.39 is 0 Å². The lowest BCUT2D eigenvalue weighted by molar-refractivity contribution is -0.913. The Morgan fingerprint density at radius 1 is 1.30 bits per heavy atom. The molecule has 0 amide bonds. The molecule has 0 aromatic rings. The summed E-state index contributed by atoms with van der Waals surface area (Å²) in [6.07, 6.45) is 0. The van der Waals surface area contributed by atoms with E-state index in [4.69, 9.17) is 10.2 Å². The van der Waals surface area contributed by atoms with Crippen LogP contribution in [0.1, 0.15) is 6.92 Å². The van der Waals surface area contributed by atoms with Gasteiger partial charge in [-0.25, -0.2) is 0 Å². The molecule has 0 aliphatic carbocycles. The highest BCUT2D eigenvalue weighted by Gasteiger charge is 2.21. The summed E-state index contributed by atoms with van der Waals surface area (Å²) in [7, 11) is 3.99. The van der Waals surface area contributed by atoms with Crippen molar-refractivity contribution in [1.29, 1.82) is 0 Å². The molecular formula is C7H18NO2+. The second kappa shape index (κ2) is 3.91. The monoisotopic (exact) mass is 148 g/mol. The van der Waals surface area contributed by atoms with Gasteiger partial charge in [-0.1, -0.05) is 0 Å². The first-order valence-corrected chi connectivity index (χ1v) is 3.59. The van der Waals surface area contributed by atoms with Crippen LogP contribution < -0.4 is 0 Å². The van der Waals surface area contributed by atoms with Gasteiger partial charge in [-0.15, -0.1) is 0 Å². The zero-order valence-corrected chi connectivity index (χ0v) is 7.04. The summed E-state index contributed by atoms with van der Waals surface area (Å²) in [6, 6.07) is 0.201. The van der Waals surface area contributed by atoms with Crippen molar-refractivity contribution in [3.63, 3.8) is 0 Å². The van der Waals surface area contributed by atoms with Crippen LogP contribution in [0, 0.1) is 0 Å². The molecule has 0 saturated carbocycles. The van der Waals surface area contributed by atoms with Gasteiger partial charge in [0.15, 0.2) is 0 Å². The highest BCUT2D eigenvalue weighted by atomic mass is 16.3. The Morgan fingerprint density at radius 2 is 1.80 bits per heavy atom. The minimum atomic E-state index is 0.174. The Hall–Kier alpha value is -0.120. The van der Waals surface area contributed by atoms with Crippen molar-refractivity contribution in [2.75, 3.05) is 33.9 Å². The predicted molar refractivity (Wildman–Crippen MR) is 40.6 cm³/mol. The summed E-state index contributed by atoms with van der Waals surface area (Å²) in [5.41, 5.74) is 0. The Balaban J connectivity index is 3.82. The van der Waals surface area contributed by atoms with Crippen molar-refractivity contribution in [3.8, 4) is 0 Å². The SMILES string of the molecule is CC(CO)[N+](C)(C)CCO. The zero-order valence-electron chi connectivity index (χ0n) is 7.04. The molecule has 0 rings (SSSR count). The minimum Gasteiger partial charge on any atom is -0.391 e. The average molecular weight is 148 g/mol. The molecule has 0 aromatic carbocycles. The van der Waals surface area contributed by atoms with Crippen molar-refractivity contribution >= 4 is 0 Å². The van der Waals surface area contributed by atoms with E-state index in [1.807, 2.05) is 21.0 Å². The second-order valence-corrected chi connectivity index (χ2v) is 3.26. The van der Waals surface area contributed by atoms with Gasteiger partial charge >= 0.3 is 0 Å². The number of hydrogen-bond donors (Lipinski definition) is 2. The summed E-state index contributed by atoms with van der Waals surface area (Å²) in [5.74, 6) is 0. The quantitative estimate of drug-likeness (QED) is 0.524. The molecule has 0 heterocycles. The van der Waals surface area contributed by atoms with Crippen molar-refractivity contribution in [1.82, 2.24) is 0 Å². The van der Waals surface area contributed by atoms with Crippen LogP contribution >= 0.6 is 0 Å². The van der Waals surface area contributed by atoms with Crippen molar-refractivity contribution in [3.05, 3.63) is 0 Å². The molecule has 10 heavy (non-hydrogen) atoms. The number of quaternary nitrogens is 1. The highest BCUT2D eigenvalue weighted by molar-refractivity contribution is 4.45. The Morgan fingerprint density at radius 3 is 2.10 bits per heavy atom. The lowest BCUT2D eigenvalue weighted by atomic mass is 10.2. The third-order valence-corrected chi connectivity index (χ3v) is 2.13. The first-order valence-electron chi connectivity index (χ1n) is 3.59. The van der Waals surface area contributed by atoms with Crippen LogP contribution in [-0.4, -0.2) is 54.6 Å². The van der Waals surface area contributed by atoms with Crippen LogP contribution in [0.3, 0.4) is 0 Å². The molecule has 62 valence electrons. The molecule has 3 heteroatoms. The van der Waals surface area contributed by atoms with Crippen LogP contribution in [0.15, 0.2) is 0 Å². The molecule has 3 nitrogen and oxygen atoms in total. The summed E-state index contributed by atoms with van der Waals surface area (Å²) in [6.45, 7) is 3.02. The van der Waals surface area contributed by atoms with Crippen LogP contribution in [0.5, 0.6) is 0 Å². The number of nitrogens with zero attached hydrogens (tertiary/aromatic N) is 1. The van der Waals surface area contributed by atoms with Gasteiger partial charge in [0, 0.05) is 0 Å². The van der Waals surface area contributed by atoms with Crippen LogP contribution in [0.2, 0.25) is 0 Å². The van der Waals surface area contributed by atoms with Crippen LogP contribution in [0.25, 0.3) is 0 Å². The molecule has 0 saturated heterocycles. The topological polar surface area (TPSA) is 40.5 Å². The third kappa shape index (κ3) is 2.64. The van der Waals surface area contributed by atoms with E-state index in [2.05, 4.69) is 0 Å². The van der Waals surface area contributed by atoms with Crippen LogP contribution in [0.4, 0.5) is 0 Å². The number of hydrogen-bond acceptors (Lipinski definition) is 2. The van der Waals surface area contributed by atoms with Gasteiger partial charge < -0.3 is 14.7 Å². The average Bonchev–Trinajstić information content (AvgIpc) is 1.86. The smallest absolute Gasteiger partial charge is 0.109 e. The molecule has 2 N–H and O–H groups in total. The van der Waals surface area contributed by atoms with Crippen molar-refractivity contribution in [2.24, 2.45) is 0 Å². The maximum absolute atomic E-state index is 8.80. The van der Waals surface area contributed by atoms with Gasteiger partial charge in [0.2, 0.25) is 0 Å². The first kappa shape index (κ1) is 9.88. The molecule has 1 unspecified atom stereocenters. The summed E-state index contributed by atoms with van der Waals surface area (Å²) >= 11 is 0. The van der Waals surface area contributed by atoms with Gasteiger partial charge in [0.25, 0.3) is 0 Å². The fourth-order valence-corrected chi connectivity index (χ4v) is 0.699. The molecule has 0 radical (unpaired) electrons. The second-order valence-electron chi connectivity index (χ2n) is 3.26. The number of aliphatic hydroxyl groups excluding tert-OH is 2. The van der Waals surface area contributed by atoms with E-state index in [0.29, 0.717) is 11.0 Å². The molecule has 0 aromatic heterocycles. The maximum Gasteiger partial charge on any atom is 0.109 e. The molecule has 0 aliphatic rings. The Labute approximate surface area is 62.5 Å². The maximum atomic E-state index is 8.80. The Kier molecular flexibility index (Phi) is 3.86. The van der Waals surface area contributed by atoms with E-state index in [9.17, 15) is 0 Å². The summed E-state index contributed by atoms with van der Waals surface area (Å²) in [5, 5.41) is 17.4. The summed E-state index contributed by atoms with van der Waals surface area (Å²) in [4.78, 5) is 0. The summed E-state index contributed by atoms with van der Waals surface area (Å²) < 4.78 is 0.674. The molecule has 0 spiro atoms. The highest BCUT2D eigenvalue weighted by Crippen LogP contribution is 2.03. The number of aliphatic hydroxyl groups is 2. The lowest BCUT2D eigenvalue weighted by Crippen LogP contribution is -2.50. The lowest BCUT2D eigenvalue weighted by Gasteiger charge is -2.34. The molecule has 0 bridgehead atoms. The largest absolute Gasteiger partial charge is 0.391 e. The number of rotatable bonds is 4. The first-order chi connectivity index (χ1) is 4.54. The standard InChI is InChI=1S/C7H18NO2/c1-7(6-10)8(2,3)4-5-9/h7,9-10H,4-6H2,1-3H3/q+1. The van der Waals surface area contributed by atoms with E-state index in [1.165, 1.54) is 0 Å². The molecular weight excluding hydrogens is 130 g/mol. The fourth-order valence-electron chi connectivity index (χ4n) is 0.699. The van der Waals surface area contributed by atoms with E-state index in [-0.39, 0.29) is 19.3 Å².